The van der Waals surface area contributed by atoms with Crippen LogP contribution < -0.4 is 10.2 Å². The average molecular weight is 384 g/mol. The molecule has 0 atom stereocenters. The summed E-state index contributed by atoms with van der Waals surface area (Å²) in [7, 11) is 0. The van der Waals surface area contributed by atoms with E-state index in [1.807, 2.05) is 73.7 Å². The quantitative estimate of drug-likeness (QED) is 0.382. The summed E-state index contributed by atoms with van der Waals surface area (Å²) in [5, 5.41) is 13.3. The van der Waals surface area contributed by atoms with Gasteiger partial charge in [0.05, 0.1) is 18.5 Å². The molecule has 0 bridgehead atoms. The van der Waals surface area contributed by atoms with Crippen molar-refractivity contribution in [3.63, 3.8) is 0 Å². The lowest BCUT2D eigenvalue weighted by molar-refractivity contribution is 0.0950. The van der Waals surface area contributed by atoms with E-state index in [9.17, 15) is 4.79 Å². The first kappa shape index (κ1) is 18.4. The molecule has 0 saturated carbocycles. The first-order chi connectivity index (χ1) is 14.2. The van der Waals surface area contributed by atoms with Crippen molar-refractivity contribution >= 4 is 22.9 Å². The summed E-state index contributed by atoms with van der Waals surface area (Å²) in [5.74, 6) is 0.443. The Bertz CT molecular complexity index is 1160. The van der Waals surface area contributed by atoms with Crippen molar-refractivity contribution in [2.75, 3.05) is 6.61 Å². The van der Waals surface area contributed by atoms with Crippen molar-refractivity contribution in [3.8, 4) is 17.0 Å². The number of carbonyl (C=O) groups excluding carboxylic acids is 1. The number of hydrogen-bond acceptors (Lipinski definition) is 4. The van der Waals surface area contributed by atoms with Gasteiger partial charge in [-0.1, -0.05) is 42.5 Å². The molecule has 0 aliphatic heterocycles. The fourth-order valence-corrected chi connectivity index (χ4v) is 3.06. The third kappa shape index (κ3) is 4.16. The molecule has 0 aliphatic rings. The van der Waals surface area contributed by atoms with Gasteiger partial charge in [0.2, 0.25) is 0 Å². The first-order valence-corrected chi connectivity index (χ1v) is 9.34. The maximum Gasteiger partial charge on any atom is 0.289 e. The van der Waals surface area contributed by atoms with Crippen LogP contribution in [0.4, 0.5) is 0 Å². The fraction of sp³-hybridized carbons (Fsp3) is 0.0870. The molecular formula is C23H20N4O2. The minimum atomic E-state index is -0.355. The van der Waals surface area contributed by atoms with Gasteiger partial charge in [0.1, 0.15) is 11.4 Å². The molecule has 144 valence electrons. The molecule has 0 saturated heterocycles. The van der Waals surface area contributed by atoms with Gasteiger partial charge in [-0.05, 0) is 48.0 Å². The Morgan fingerprint density at radius 2 is 1.90 bits per heavy atom. The molecule has 0 aliphatic carbocycles. The van der Waals surface area contributed by atoms with Crippen molar-refractivity contribution in [3.05, 3.63) is 84.1 Å². The van der Waals surface area contributed by atoms with Crippen molar-refractivity contribution in [2.45, 2.75) is 6.92 Å². The van der Waals surface area contributed by atoms with Crippen LogP contribution in [0.15, 0.2) is 77.9 Å². The van der Waals surface area contributed by atoms with Crippen LogP contribution in [0.2, 0.25) is 0 Å². The third-order valence-electron chi connectivity index (χ3n) is 4.48. The van der Waals surface area contributed by atoms with E-state index in [4.69, 9.17) is 4.74 Å². The third-order valence-corrected chi connectivity index (χ3v) is 4.48. The number of fused-ring (bicyclic) bond motifs is 1. The Labute approximate surface area is 168 Å². The van der Waals surface area contributed by atoms with Gasteiger partial charge in [0, 0.05) is 11.1 Å². The van der Waals surface area contributed by atoms with Gasteiger partial charge in [-0.3, -0.25) is 9.89 Å². The number of hydrazone groups is 1. The van der Waals surface area contributed by atoms with E-state index >= 15 is 0 Å². The second-order valence-corrected chi connectivity index (χ2v) is 6.39. The van der Waals surface area contributed by atoms with Crippen LogP contribution >= 0.6 is 0 Å². The lowest BCUT2D eigenvalue weighted by Gasteiger charge is -2.02. The molecule has 2 N–H and O–H groups in total. The van der Waals surface area contributed by atoms with Gasteiger partial charge in [-0.15, -0.1) is 0 Å². The molecule has 6 nitrogen and oxygen atoms in total. The summed E-state index contributed by atoms with van der Waals surface area (Å²) in [5.41, 5.74) is 5.38. The molecule has 3 aromatic carbocycles. The van der Waals surface area contributed by atoms with Gasteiger partial charge >= 0.3 is 0 Å². The monoisotopic (exact) mass is 384 g/mol. The zero-order valence-electron chi connectivity index (χ0n) is 15.9. The predicted molar refractivity (Wildman–Crippen MR) is 114 cm³/mol. The van der Waals surface area contributed by atoms with Crippen LogP contribution in [0.1, 0.15) is 23.0 Å². The summed E-state index contributed by atoms with van der Waals surface area (Å²) in [6, 6.07) is 23.2. The predicted octanol–water partition coefficient (Wildman–Crippen LogP) is 4.39. The molecule has 4 aromatic rings. The summed E-state index contributed by atoms with van der Waals surface area (Å²) in [4.78, 5) is 12.4. The van der Waals surface area contributed by atoms with Crippen LogP contribution in [0.3, 0.4) is 0 Å². The van der Waals surface area contributed by atoms with Crippen molar-refractivity contribution in [2.24, 2.45) is 5.10 Å². The number of aromatic amines is 1. The highest BCUT2D eigenvalue weighted by molar-refractivity contribution is 6.00. The zero-order valence-corrected chi connectivity index (χ0v) is 15.9. The molecule has 1 heterocycles. The molecule has 6 heteroatoms. The number of carbonyl (C=O) groups is 1. The molecule has 4 rings (SSSR count). The molecular weight excluding hydrogens is 364 g/mol. The summed E-state index contributed by atoms with van der Waals surface area (Å²) in [6.07, 6.45) is 1.64. The van der Waals surface area contributed by atoms with E-state index in [0.717, 1.165) is 27.6 Å². The Hall–Kier alpha value is -3.93. The molecule has 0 radical (unpaired) electrons. The highest BCUT2D eigenvalue weighted by Gasteiger charge is 2.10. The number of hydrogen-bond donors (Lipinski definition) is 2. The smallest absolute Gasteiger partial charge is 0.289 e. The first-order valence-electron chi connectivity index (χ1n) is 9.34. The number of nitrogens with one attached hydrogen (secondary N) is 2. The van der Waals surface area contributed by atoms with Gasteiger partial charge < -0.3 is 4.74 Å². The maximum atomic E-state index is 12.4. The Morgan fingerprint density at radius 3 is 2.72 bits per heavy atom. The Morgan fingerprint density at radius 1 is 1.10 bits per heavy atom. The van der Waals surface area contributed by atoms with Gasteiger partial charge in [-0.2, -0.15) is 10.2 Å². The van der Waals surface area contributed by atoms with Crippen molar-refractivity contribution in [1.82, 2.24) is 15.6 Å². The van der Waals surface area contributed by atoms with Gasteiger partial charge in [-0.25, -0.2) is 5.43 Å². The molecule has 1 aromatic heterocycles. The van der Waals surface area contributed by atoms with E-state index in [1.165, 1.54) is 0 Å². The molecule has 1 amide bonds. The number of H-pyrrole nitrogens is 1. The van der Waals surface area contributed by atoms with Crippen LogP contribution in [0, 0.1) is 0 Å². The Kier molecular flexibility index (Phi) is 5.33. The standard InChI is InChI=1S/C23H20N4O2/c1-2-29-19-12-10-17(11-13-19)21-14-22(26-25-21)23(28)27-24-15-18-8-5-7-16-6-3-4-9-20(16)18/h3-15H,2H2,1H3,(H,25,26)(H,27,28). The highest BCUT2D eigenvalue weighted by atomic mass is 16.5. The number of rotatable bonds is 6. The highest BCUT2D eigenvalue weighted by Crippen LogP contribution is 2.21. The molecule has 29 heavy (non-hydrogen) atoms. The Balaban J connectivity index is 1.44. The zero-order chi connectivity index (χ0) is 20.1. The lowest BCUT2D eigenvalue weighted by atomic mass is 10.1. The largest absolute Gasteiger partial charge is 0.494 e. The topological polar surface area (TPSA) is 79.4 Å². The number of nitrogens with zero attached hydrogens (tertiary/aromatic N) is 2. The van der Waals surface area contributed by atoms with Crippen LogP contribution in [-0.2, 0) is 0 Å². The van der Waals surface area contributed by atoms with Gasteiger partial charge in [0.25, 0.3) is 5.91 Å². The second kappa shape index (κ2) is 8.39. The van der Waals surface area contributed by atoms with Crippen LogP contribution in [-0.4, -0.2) is 28.9 Å². The minimum Gasteiger partial charge on any atom is -0.494 e. The number of aromatic nitrogens is 2. The van der Waals surface area contributed by atoms with E-state index in [-0.39, 0.29) is 5.91 Å². The minimum absolute atomic E-state index is 0.337. The SMILES string of the molecule is CCOc1ccc(-c2cc(C(=O)NN=Cc3cccc4ccccc34)[nH]n2)cc1. The van der Waals surface area contributed by atoms with E-state index < -0.39 is 0 Å². The number of amides is 1. The number of ether oxygens (including phenoxy) is 1. The van der Waals surface area contributed by atoms with Gasteiger partial charge in [0.15, 0.2) is 0 Å². The lowest BCUT2D eigenvalue weighted by Crippen LogP contribution is -2.18. The summed E-state index contributed by atoms with van der Waals surface area (Å²) < 4.78 is 5.44. The maximum absolute atomic E-state index is 12.4. The van der Waals surface area contributed by atoms with E-state index in [2.05, 4.69) is 20.7 Å². The number of benzene rings is 3. The fourth-order valence-electron chi connectivity index (χ4n) is 3.06. The normalized spacial score (nSPS) is 11.1. The molecule has 0 unspecified atom stereocenters. The summed E-state index contributed by atoms with van der Waals surface area (Å²) in [6.45, 7) is 2.56. The molecule has 0 spiro atoms. The molecule has 0 fully saturated rings. The van der Waals surface area contributed by atoms with E-state index in [0.29, 0.717) is 18.0 Å². The van der Waals surface area contributed by atoms with E-state index in [1.54, 1.807) is 12.3 Å². The second-order valence-electron chi connectivity index (χ2n) is 6.39. The van der Waals surface area contributed by atoms with Crippen LogP contribution in [0.25, 0.3) is 22.0 Å². The van der Waals surface area contributed by atoms with Crippen molar-refractivity contribution in [1.29, 1.82) is 0 Å². The van der Waals surface area contributed by atoms with Crippen LogP contribution in [0.5, 0.6) is 5.75 Å². The van der Waals surface area contributed by atoms with Crippen molar-refractivity contribution < 1.29 is 9.53 Å². The average Bonchev–Trinajstić information content (AvgIpc) is 3.25. The summed E-state index contributed by atoms with van der Waals surface area (Å²) >= 11 is 0.